The third-order valence-corrected chi connectivity index (χ3v) is 2.80. The highest BCUT2D eigenvalue weighted by atomic mass is 16.1. The van der Waals surface area contributed by atoms with Crippen LogP contribution < -0.4 is 5.32 Å². The van der Waals surface area contributed by atoms with E-state index < -0.39 is 6.04 Å². The van der Waals surface area contributed by atoms with Crippen molar-refractivity contribution in [3.63, 3.8) is 0 Å². The number of nitriles is 1. The maximum Gasteiger partial charge on any atom is 0.225 e. The van der Waals surface area contributed by atoms with Gasteiger partial charge in [-0.1, -0.05) is 42.5 Å². The molecular weight excluding hydrogens is 224 g/mol. The van der Waals surface area contributed by atoms with Crippen LogP contribution in [-0.4, -0.2) is 11.9 Å². The monoisotopic (exact) mass is 238 g/mol. The van der Waals surface area contributed by atoms with Crippen LogP contribution in [-0.2, 0) is 11.2 Å². The topological polar surface area (TPSA) is 52.9 Å². The molecule has 90 valence electrons. The van der Waals surface area contributed by atoms with Crippen LogP contribution in [0.1, 0.15) is 12.5 Å². The smallest absolute Gasteiger partial charge is 0.225 e. The molecule has 18 heavy (non-hydrogen) atoms. The van der Waals surface area contributed by atoms with Crippen molar-refractivity contribution in [3.8, 4) is 6.07 Å². The fraction of sp³-hybridized carbons (Fsp3) is 0.200. The molecule has 1 N–H and O–H groups in total. The normalized spacial score (nSPS) is 11.8. The van der Waals surface area contributed by atoms with Crippen LogP contribution in [0.3, 0.4) is 0 Å². The molecule has 2 aromatic carbocycles. The highest BCUT2D eigenvalue weighted by Crippen LogP contribution is 2.18. The van der Waals surface area contributed by atoms with E-state index in [1.54, 1.807) is 6.92 Å². The Hall–Kier alpha value is -2.34. The van der Waals surface area contributed by atoms with Gasteiger partial charge in [0.2, 0.25) is 5.91 Å². The first-order valence-corrected chi connectivity index (χ1v) is 5.86. The summed E-state index contributed by atoms with van der Waals surface area (Å²) >= 11 is 0. The number of nitrogens with zero attached hydrogens (tertiary/aromatic N) is 1. The minimum absolute atomic E-state index is 0.125. The number of nitrogens with one attached hydrogen (secondary N) is 1. The third-order valence-electron chi connectivity index (χ3n) is 2.80. The van der Waals surface area contributed by atoms with Gasteiger partial charge in [0.25, 0.3) is 0 Å². The van der Waals surface area contributed by atoms with Crippen LogP contribution in [0.15, 0.2) is 42.5 Å². The number of rotatable bonds is 3. The number of fused-ring (bicyclic) bond motifs is 1. The summed E-state index contributed by atoms with van der Waals surface area (Å²) in [5.41, 5.74) is 0.982. The minimum Gasteiger partial charge on any atom is -0.340 e. The number of hydrogen-bond donors (Lipinski definition) is 1. The first-order chi connectivity index (χ1) is 8.70. The van der Waals surface area contributed by atoms with Gasteiger partial charge in [-0.05, 0) is 23.3 Å². The molecule has 0 aliphatic rings. The van der Waals surface area contributed by atoms with Crippen LogP contribution in [0, 0.1) is 11.3 Å². The van der Waals surface area contributed by atoms with Crippen LogP contribution in [0.25, 0.3) is 10.8 Å². The molecule has 0 bridgehead atoms. The Morgan fingerprint density at radius 1 is 1.28 bits per heavy atom. The molecule has 0 saturated carbocycles. The van der Waals surface area contributed by atoms with E-state index in [2.05, 4.69) is 5.32 Å². The molecule has 0 spiro atoms. The average molecular weight is 238 g/mol. The fourth-order valence-corrected chi connectivity index (χ4v) is 1.94. The SMILES string of the molecule is CC(C#N)NC(=O)Cc1cccc2ccccc12. The second kappa shape index (κ2) is 5.33. The molecule has 1 unspecified atom stereocenters. The lowest BCUT2D eigenvalue weighted by atomic mass is 10.0. The number of carbonyl (C=O) groups is 1. The molecule has 0 saturated heterocycles. The van der Waals surface area contributed by atoms with Crippen molar-refractivity contribution < 1.29 is 4.79 Å². The number of amides is 1. The van der Waals surface area contributed by atoms with Crippen molar-refractivity contribution in [1.29, 1.82) is 5.26 Å². The molecule has 0 fully saturated rings. The average Bonchev–Trinajstić information content (AvgIpc) is 2.39. The minimum atomic E-state index is -0.451. The molecule has 0 radical (unpaired) electrons. The molecule has 0 aliphatic carbocycles. The van der Waals surface area contributed by atoms with Gasteiger partial charge in [0.1, 0.15) is 6.04 Å². The van der Waals surface area contributed by atoms with E-state index >= 15 is 0 Å². The summed E-state index contributed by atoms with van der Waals surface area (Å²) in [4.78, 5) is 11.8. The second-order valence-corrected chi connectivity index (χ2v) is 4.23. The van der Waals surface area contributed by atoms with E-state index in [0.29, 0.717) is 6.42 Å². The van der Waals surface area contributed by atoms with Crippen molar-refractivity contribution in [2.24, 2.45) is 0 Å². The number of hydrogen-bond acceptors (Lipinski definition) is 2. The fourth-order valence-electron chi connectivity index (χ4n) is 1.94. The zero-order valence-corrected chi connectivity index (χ0v) is 10.2. The van der Waals surface area contributed by atoms with E-state index in [1.807, 2.05) is 48.5 Å². The van der Waals surface area contributed by atoms with E-state index in [9.17, 15) is 4.79 Å². The second-order valence-electron chi connectivity index (χ2n) is 4.23. The lowest BCUT2D eigenvalue weighted by Gasteiger charge is -2.08. The summed E-state index contributed by atoms with van der Waals surface area (Å²) < 4.78 is 0. The van der Waals surface area contributed by atoms with Crippen molar-refractivity contribution in [3.05, 3.63) is 48.0 Å². The Bertz CT molecular complexity index is 608. The van der Waals surface area contributed by atoms with Gasteiger partial charge in [-0.15, -0.1) is 0 Å². The predicted octanol–water partition coefficient (Wildman–Crippen LogP) is 2.41. The molecule has 3 nitrogen and oxygen atoms in total. The van der Waals surface area contributed by atoms with Crippen LogP contribution in [0.5, 0.6) is 0 Å². The number of carbonyl (C=O) groups excluding carboxylic acids is 1. The quantitative estimate of drug-likeness (QED) is 0.892. The van der Waals surface area contributed by atoms with Gasteiger partial charge < -0.3 is 5.32 Å². The summed E-state index contributed by atoms with van der Waals surface area (Å²) in [7, 11) is 0. The van der Waals surface area contributed by atoms with Gasteiger partial charge in [-0.25, -0.2) is 0 Å². The lowest BCUT2D eigenvalue weighted by molar-refractivity contribution is -0.120. The van der Waals surface area contributed by atoms with Crippen molar-refractivity contribution >= 4 is 16.7 Å². The molecule has 1 atom stereocenters. The van der Waals surface area contributed by atoms with Crippen LogP contribution >= 0.6 is 0 Å². The molecule has 1 amide bonds. The maximum absolute atomic E-state index is 11.8. The van der Waals surface area contributed by atoms with Gasteiger partial charge in [-0.3, -0.25) is 4.79 Å². The van der Waals surface area contributed by atoms with E-state index in [0.717, 1.165) is 16.3 Å². The molecule has 3 heteroatoms. The Kier molecular flexibility index (Phi) is 3.59. The summed E-state index contributed by atoms with van der Waals surface area (Å²) in [6.45, 7) is 1.67. The number of benzene rings is 2. The zero-order chi connectivity index (χ0) is 13.0. The Labute approximate surface area is 106 Å². The van der Waals surface area contributed by atoms with Crippen LogP contribution in [0.4, 0.5) is 0 Å². The highest BCUT2D eigenvalue weighted by Gasteiger charge is 2.09. The maximum atomic E-state index is 11.8. The van der Waals surface area contributed by atoms with E-state index in [1.165, 1.54) is 0 Å². The van der Waals surface area contributed by atoms with Gasteiger partial charge in [0.05, 0.1) is 12.5 Å². The van der Waals surface area contributed by atoms with Gasteiger partial charge in [0, 0.05) is 0 Å². The Morgan fingerprint density at radius 2 is 2.00 bits per heavy atom. The predicted molar refractivity (Wildman–Crippen MR) is 70.9 cm³/mol. The Morgan fingerprint density at radius 3 is 2.78 bits per heavy atom. The lowest BCUT2D eigenvalue weighted by Crippen LogP contribution is -2.32. The van der Waals surface area contributed by atoms with Crippen LogP contribution in [0.2, 0.25) is 0 Å². The molecular formula is C15H14N2O. The van der Waals surface area contributed by atoms with E-state index in [4.69, 9.17) is 5.26 Å². The van der Waals surface area contributed by atoms with Crippen molar-refractivity contribution in [1.82, 2.24) is 5.32 Å². The third kappa shape index (κ3) is 2.67. The van der Waals surface area contributed by atoms with Crippen molar-refractivity contribution in [2.75, 3.05) is 0 Å². The molecule has 0 aliphatic heterocycles. The molecule has 0 aromatic heterocycles. The molecule has 2 aromatic rings. The van der Waals surface area contributed by atoms with Gasteiger partial charge >= 0.3 is 0 Å². The molecule has 0 heterocycles. The van der Waals surface area contributed by atoms with Gasteiger partial charge in [0.15, 0.2) is 0 Å². The highest BCUT2D eigenvalue weighted by molar-refractivity contribution is 5.90. The van der Waals surface area contributed by atoms with E-state index in [-0.39, 0.29) is 5.91 Å². The summed E-state index contributed by atoms with van der Waals surface area (Å²) in [5.74, 6) is -0.125. The first-order valence-electron chi connectivity index (χ1n) is 5.86. The largest absolute Gasteiger partial charge is 0.340 e. The van der Waals surface area contributed by atoms with Gasteiger partial charge in [-0.2, -0.15) is 5.26 Å². The summed E-state index contributed by atoms with van der Waals surface area (Å²) in [5, 5.41) is 13.5. The standard InChI is InChI=1S/C15H14N2O/c1-11(10-16)17-15(18)9-13-7-4-6-12-5-2-3-8-14(12)13/h2-8,11H,9H2,1H3,(H,17,18). The zero-order valence-electron chi connectivity index (χ0n) is 10.2. The Balaban J connectivity index is 2.22. The summed E-state index contributed by atoms with van der Waals surface area (Å²) in [6.07, 6.45) is 0.299. The van der Waals surface area contributed by atoms with Crippen molar-refractivity contribution in [2.45, 2.75) is 19.4 Å². The first kappa shape index (κ1) is 12.1. The molecule has 2 rings (SSSR count). The summed E-state index contributed by atoms with van der Waals surface area (Å²) in [6, 6.07) is 15.4.